The Labute approximate surface area is 119 Å². The maximum Gasteiger partial charge on any atom is 0.217 e. The van der Waals surface area contributed by atoms with Crippen LogP contribution in [0.2, 0.25) is 0 Å². The van der Waals surface area contributed by atoms with Crippen LogP contribution in [0.25, 0.3) is 0 Å². The van der Waals surface area contributed by atoms with Gasteiger partial charge in [0.1, 0.15) is 0 Å². The molecular formula is C15H22N2O3. The Morgan fingerprint density at radius 2 is 2.00 bits per heavy atom. The molecule has 1 aromatic rings. The minimum absolute atomic E-state index is 0.0227. The van der Waals surface area contributed by atoms with Gasteiger partial charge in [0, 0.05) is 19.5 Å². The fraction of sp³-hybridized carbons (Fsp3) is 0.533. The monoisotopic (exact) mass is 278 g/mol. The van der Waals surface area contributed by atoms with E-state index in [1.165, 1.54) is 25.8 Å². The molecule has 5 heteroatoms. The van der Waals surface area contributed by atoms with E-state index < -0.39 is 0 Å². The predicted molar refractivity (Wildman–Crippen MR) is 76.8 cm³/mol. The number of phenolic OH excluding ortho intramolecular Hbond substituents is 2. The van der Waals surface area contributed by atoms with Crippen molar-refractivity contribution in [2.75, 3.05) is 19.6 Å². The van der Waals surface area contributed by atoms with E-state index in [0.717, 1.165) is 25.2 Å². The van der Waals surface area contributed by atoms with Crippen molar-refractivity contribution in [2.45, 2.75) is 32.2 Å². The molecule has 1 aliphatic heterocycles. The molecule has 0 aliphatic carbocycles. The third-order valence-corrected chi connectivity index (χ3v) is 3.61. The van der Waals surface area contributed by atoms with Crippen LogP contribution < -0.4 is 5.32 Å². The quantitative estimate of drug-likeness (QED) is 0.709. The van der Waals surface area contributed by atoms with Crippen LogP contribution in [0, 0.1) is 0 Å². The van der Waals surface area contributed by atoms with Gasteiger partial charge >= 0.3 is 0 Å². The van der Waals surface area contributed by atoms with Crippen molar-refractivity contribution >= 4 is 5.91 Å². The Morgan fingerprint density at radius 1 is 1.30 bits per heavy atom. The molecule has 1 heterocycles. The Balaban J connectivity index is 2.01. The third kappa shape index (κ3) is 4.13. The Bertz CT molecular complexity index is 470. The minimum atomic E-state index is -0.121. The number of hydrogen-bond acceptors (Lipinski definition) is 4. The van der Waals surface area contributed by atoms with Gasteiger partial charge in [-0.15, -0.1) is 0 Å². The molecule has 0 aromatic heterocycles. The minimum Gasteiger partial charge on any atom is -0.504 e. The zero-order chi connectivity index (χ0) is 14.5. The van der Waals surface area contributed by atoms with Gasteiger partial charge in [-0.25, -0.2) is 0 Å². The molecular weight excluding hydrogens is 256 g/mol. The van der Waals surface area contributed by atoms with Crippen LogP contribution in [0.1, 0.15) is 25.3 Å². The number of aromatic hydroxyl groups is 2. The molecule has 110 valence electrons. The highest BCUT2D eigenvalue weighted by Crippen LogP contribution is 2.25. The molecule has 1 atom stereocenters. The van der Waals surface area contributed by atoms with Gasteiger partial charge in [0.25, 0.3) is 0 Å². The third-order valence-electron chi connectivity index (χ3n) is 3.61. The van der Waals surface area contributed by atoms with Gasteiger partial charge < -0.3 is 20.4 Å². The number of nitrogens with zero attached hydrogens (tertiary/aromatic N) is 1. The second-order valence-corrected chi connectivity index (χ2v) is 5.43. The lowest BCUT2D eigenvalue weighted by Gasteiger charge is -2.24. The molecule has 0 bridgehead atoms. The summed E-state index contributed by atoms with van der Waals surface area (Å²) in [7, 11) is 0. The first-order valence-corrected chi connectivity index (χ1v) is 7.05. The molecule has 5 nitrogen and oxygen atoms in total. The summed E-state index contributed by atoms with van der Waals surface area (Å²) in [6, 6.07) is 4.82. The molecule has 2 rings (SSSR count). The fourth-order valence-corrected chi connectivity index (χ4v) is 2.71. The van der Waals surface area contributed by atoms with Gasteiger partial charge in [-0.3, -0.25) is 4.79 Å². The number of carbonyl (C=O) groups excluding carboxylic acids is 1. The highest BCUT2D eigenvalue weighted by Gasteiger charge is 2.19. The van der Waals surface area contributed by atoms with Gasteiger partial charge in [0.05, 0.1) is 0 Å². The summed E-state index contributed by atoms with van der Waals surface area (Å²) in [5.74, 6) is -0.285. The van der Waals surface area contributed by atoms with Crippen LogP contribution in [-0.4, -0.2) is 46.7 Å². The maximum atomic E-state index is 11.3. The molecule has 0 radical (unpaired) electrons. The summed E-state index contributed by atoms with van der Waals surface area (Å²) in [4.78, 5) is 13.7. The number of nitrogens with one attached hydrogen (secondary N) is 1. The van der Waals surface area contributed by atoms with E-state index in [0.29, 0.717) is 6.42 Å². The first-order valence-electron chi connectivity index (χ1n) is 7.05. The van der Waals surface area contributed by atoms with Crippen LogP contribution in [0.3, 0.4) is 0 Å². The van der Waals surface area contributed by atoms with E-state index in [1.54, 1.807) is 12.1 Å². The van der Waals surface area contributed by atoms with Crippen molar-refractivity contribution in [3.05, 3.63) is 23.8 Å². The molecule has 1 aromatic carbocycles. The standard InChI is InChI=1S/C15H22N2O3/c1-11(18)16-13(10-17-6-2-3-7-17)8-12-4-5-14(19)15(20)9-12/h4-5,9,13,19-20H,2-3,6-8,10H2,1H3,(H,16,18)/t13-/m0/s1. The van der Waals surface area contributed by atoms with Crippen molar-refractivity contribution in [3.63, 3.8) is 0 Å². The molecule has 1 fully saturated rings. The first kappa shape index (κ1) is 14.7. The Hall–Kier alpha value is -1.75. The van der Waals surface area contributed by atoms with Crippen molar-refractivity contribution in [3.8, 4) is 11.5 Å². The SMILES string of the molecule is CC(=O)N[C@@H](Cc1ccc(O)c(O)c1)CN1CCCC1. The number of carbonyl (C=O) groups is 1. The van der Waals surface area contributed by atoms with Crippen molar-refractivity contribution in [1.82, 2.24) is 10.2 Å². The zero-order valence-corrected chi connectivity index (χ0v) is 11.8. The molecule has 3 N–H and O–H groups in total. The molecule has 0 spiro atoms. The first-order chi connectivity index (χ1) is 9.54. The molecule has 1 saturated heterocycles. The predicted octanol–water partition coefficient (Wildman–Crippen LogP) is 1.24. The maximum absolute atomic E-state index is 11.3. The number of hydrogen-bond donors (Lipinski definition) is 3. The molecule has 20 heavy (non-hydrogen) atoms. The van der Waals surface area contributed by atoms with Crippen LogP contribution in [-0.2, 0) is 11.2 Å². The average Bonchev–Trinajstić information content (AvgIpc) is 2.86. The van der Waals surface area contributed by atoms with Gasteiger partial charge in [0.2, 0.25) is 5.91 Å². The molecule has 0 saturated carbocycles. The van der Waals surface area contributed by atoms with E-state index in [9.17, 15) is 15.0 Å². The number of rotatable bonds is 5. The largest absolute Gasteiger partial charge is 0.504 e. The topological polar surface area (TPSA) is 72.8 Å². The van der Waals surface area contributed by atoms with Crippen LogP contribution in [0.15, 0.2) is 18.2 Å². The number of benzene rings is 1. The summed E-state index contributed by atoms with van der Waals surface area (Å²) in [5, 5.41) is 21.8. The number of amides is 1. The van der Waals surface area contributed by atoms with Crippen LogP contribution in [0.4, 0.5) is 0 Å². The van der Waals surface area contributed by atoms with E-state index in [-0.39, 0.29) is 23.4 Å². The van der Waals surface area contributed by atoms with E-state index in [1.807, 2.05) is 0 Å². The lowest BCUT2D eigenvalue weighted by molar-refractivity contribution is -0.119. The van der Waals surface area contributed by atoms with Gasteiger partial charge in [-0.05, 0) is 50.0 Å². The van der Waals surface area contributed by atoms with Crippen LogP contribution >= 0.6 is 0 Å². The lowest BCUT2D eigenvalue weighted by Crippen LogP contribution is -2.43. The fourth-order valence-electron chi connectivity index (χ4n) is 2.71. The highest BCUT2D eigenvalue weighted by molar-refractivity contribution is 5.73. The lowest BCUT2D eigenvalue weighted by atomic mass is 10.0. The van der Waals surface area contributed by atoms with E-state index >= 15 is 0 Å². The van der Waals surface area contributed by atoms with Gasteiger partial charge in [-0.2, -0.15) is 0 Å². The second-order valence-electron chi connectivity index (χ2n) is 5.43. The van der Waals surface area contributed by atoms with Crippen molar-refractivity contribution < 1.29 is 15.0 Å². The summed E-state index contributed by atoms with van der Waals surface area (Å²) >= 11 is 0. The van der Waals surface area contributed by atoms with E-state index in [4.69, 9.17) is 0 Å². The number of likely N-dealkylation sites (tertiary alicyclic amines) is 1. The highest BCUT2D eigenvalue weighted by atomic mass is 16.3. The zero-order valence-electron chi connectivity index (χ0n) is 11.8. The smallest absolute Gasteiger partial charge is 0.217 e. The molecule has 1 aliphatic rings. The summed E-state index contributed by atoms with van der Waals surface area (Å²) < 4.78 is 0. The van der Waals surface area contributed by atoms with E-state index in [2.05, 4.69) is 10.2 Å². The summed E-state index contributed by atoms with van der Waals surface area (Å²) in [6.45, 7) is 4.50. The van der Waals surface area contributed by atoms with Crippen molar-refractivity contribution in [2.24, 2.45) is 0 Å². The summed E-state index contributed by atoms with van der Waals surface area (Å²) in [5.41, 5.74) is 0.901. The Kier molecular flexibility index (Phi) is 4.84. The Morgan fingerprint density at radius 3 is 2.60 bits per heavy atom. The average molecular weight is 278 g/mol. The number of phenols is 2. The van der Waals surface area contributed by atoms with Crippen LogP contribution in [0.5, 0.6) is 11.5 Å². The van der Waals surface area contributed by atoms with Crippen molar-refractivity contribution in [1.29, 1.82) is 0 Å². The molecule has 1 amide bonds. The normalized spacial score (nSPS) is 17.1. The molecule has 0 unspecified atom stereocenters. The van der Waals surface area contributed by atoms with Gasteiger partial charge in [0.15, 0.2) is 11.5 Å². The van der Waals surface area contributed by atoms with Gasteiger partial charge in [-0.1, -0.05) is 6.07 Å². The summed E-state index contributed by atoms with van der Waals surface area (Å²) in [6.07, 6.45) is 3.07. The second kappa shape index (κ2) is 6.61.